The molecule has 0 bridgehead atoms. The number of fused-ring (bicyclic) bond motifs is 3. The number of nitrogens with zero attached hydrogens (tertiary/aromatic N) is 2. The first-order chi connectivity index (χ1) is 18.7. The Morgan fingerprint density at radius 2 is 1.55 bits per heavy atom. The van der Waals surface area contributed by atoms with Crippen LogP contribution in [0.2, 0.25) is 0 Å². The highest BCUT2D eigenvalue weighted by Crippen LogP contribution is 2.40. The van der Waals surface area contributed by atoms with Crippen molar-refractivity contribution in [2.24, 2.45) is 0 Å². The second-order valence-electron chi connectivity index (χ2n) is 10.8. The van der Waals surface area contributed by atoms with Crippen LogP contribution in [0.1, 0.15) is 60.1 Å². The van der Waals surface area contributed by atoms with Gasteiger partial charge in [0.2, 0.25) is 0 Å². The van der Waals surface area contributed by atoms with E-state index < -0.39 is 5.54 Å². The highest BCUT2D eigenvalue weighted by molar-refractivity contribution is 6.04. The van der Waals surface area contributed by atoms with E-state index in [4.69, 9.17) is 0 Å². The Hall–Kier alpha value is -3.86. The molecule has 5 nitrogen and oxygen atoms in total. The monoisotopic (exact) mass is 505 g/mol. The number of aromatic nitrogens is 1. The van der Waals surface area contributed by atoms with Gasteiger partial charge in [0.05, 0.1) is 6.54 Å². The number of carbonyl (C=O) groups is 2. The molecule has 1 aromatic heterocycles. The number of carbonyl (C=O) groups excluding carboxylic acids is 2. The molecular weight excluding hydrogens is 470 g/mol. The van der Waals surface area contributed by atoms with Crippen molar-refractivity contribution < 1.29 is 9.59 Å². The number of amides is 2. The third kappa shape index (κ3) is 4.40. The van der Waals surface area contributed by atoms with Gasteiger partial charge in [-0.2, -0.15) is 0 Å². The summed E-state index contributed by atoms with van der Waals surface area (Å²) in [6.45, 7) is 0.901. The van der Waals surface area contributed by atoms with Crippen LogP contribution in [0.5, 0.6) is 0 Å². The third-order valence-electron chi connectivity index (χ3n) is 8.38. The summed E-state index contributed by atoms with van der Waals surface area (Å²) in [7, 11) is 0. The normalized spacial score (nSPS) is 19.9. The SMILES string of the molecule is O=C1c2cc3ccccc3n2C[C@](C(=O)NC2CCCCC2)(c2ccccc2)N1CCCc1ccccc1. The van der Waals surface area contributed by atoms with Gasteiger partial charge in [0.25, 0.3) is 11.8 Å². The lowest BCUT2D eigenvalue weighted by Gasteiger charge is -2.47. The van der Waals surface area contributed by atoms with Crippen LogP contribution in [0, 0.1) is 0 Å². The summed E-state index contributed by atoms with van der Waals surface area (Å²) in [4.78, 5) is 30.7. The molecule has 0 saturated heterocycles. The average molecular weight is 506 g/mol. The smallest absolute Gasteiger partial charge is 0.271 e. The minimum absolute atomic E-state index is 0.0629. The van der Waals surface area contributed by atoms with Crippen LogP contribution in [0.25, 0.3) is 10.9 Å². The topological polar surface area (TPSA) is 54.3 Å². The summed E-state index contributed by atoms with van der Waals surface area (Å²) in [5, 5.41) is 4.44. The molecule has 1 aliphatic heterocycles. The maximum atomic E-state index is 14.5. The van der Waals surface area contributed by atoms with E-state index in [0.29, 0.717) is 18.8 Å². The summed E-state index contributed by atoms with van der Waals surface area (Å²) in [5.41, 5.74) is 2.63. The highest BCUT2D eigenvalue weighted by Gasteiger charge is 2.52. The Kier molecular flexibility index (Phi) is 6.75. The lowest BCUT2D eigenvalue weighted by atomic mass is 9.83. The molecule has 1 fully saturated rings. The van der Waals surface area contributed by atoms with Gasteiger partial charge in [-0.1, -0.05) is 98.1 Å². The predicted octanol–water partition coefficient (Wildman–Crippen LogP) is 6.07. The molecule has 1 N–H and O–H groups in total. The molecule has 6 rings (SSSR count). The third-order valence-corrected chi connectivity index (χ3v) is 8.38. The number of hydrogen-bond acceptors (Lipinski definition) is 2. The molecule has 1 aliphatic carbocycles. The molecule has 1 saturated carbocycles. The second-order valence-corrected chi connectivity index (χ2v) is 10.8. The lowest BCUT2D eigenvalue weighted by molar-refractivity contribution is -0.135. The molecule has 38 heavy (non-hydrogen) atoms. The summed E-state index contributed by atoms with van der Waals surface area (Å²) >= 11 is 0. The van der Waals surface area contributed by atoms with Crippen LogP contribution >= 0.6 is 0 Å². The fraction of sp³-hybridized carbons (Fsp3) is 0.333. The molecule has 0 unspecified atom stereocenters. The van der Waals surface area contributed by atoms with E-state index >= 15 is 0 Å². The zero-order valence-corrected chi connectivity index (χ0v) is 21.8. The van der Waals surface area contributed by atoms with Crippen LogP contribution in [0.3, 0.4) is 0 Å². The van der Waals surface area contributed by atoms with Gasteiger partial charge in [0, 0.05) is 23.5 Å². The Bertz CT molecular complexity index is 1420. The Morgan fingerprint density at radius 1 is 0.868 bits per heavy atom. The number of benzene rings is 3. The van der Waals surface area contributed by atoms with Crippen molar-refractivity contribution in [1.29, 1.82) is 0 Å². The second kappa shape index (κ2) is 10.5. The first kappa shape index (κ1) is 24.5. The standard InChI is InChI=1S/C33H35N3O2/c37-31-30-23-26-16-10-11-21-29(26)35(30)24-33(27-17-6-2-7-18-27,32(38)34-28-19-8-3-9-20-28)36(31)22-12-15-25-13-4-1-5-14-25/h1-2,4-7,10-11,13-14,16-18,21,23,28H,3,8-9,12,15,19-20,22,24H2,(H,34,38)/t33-/m1/s1. The Labute approximate surface area is 224 Å². The summed E-state index contributed by atoms with van der Waals surface area (Å²) in [6, 6.07) is 30.5. The highest BCUT2D eigenvalue weighted by atomic mass is 16.2. The molecular formula is C33H35N3O2. The van der Waals surface area contributed by atoms with Gasteiger partial charge in [0.15, 0.2) is 5.54 Å². The zero-order valence-electron chi connectivity index (χ0n) is 21.8. The molecule has 2 amide bonds. The summed E-state index contributed by atoms with van der Waals surface area (Å²) in [6.07, 6.45) is 7.11. The van der Waals surface area contributed by atoms with Gasteiger partial charge in [-0.3, -0.25) is 9.59 Å². The van der Waals surface area contributed by atoms with Gasteiger partial charge in [-0.05, 0) is 48.9 Å². The average Bonchev–Trinajstić information content (AvgIpc) is 3.34. The number of para-hydroxylation sites is 1. The first-order valence-corrected chi connectivity index (χ1v) is 14.0. The summed E-state index contributed by atoms with van der Waals surface area (Å²) in [5.74, 6) is -0.143. The van der Waals surface area contributed by atoms with E-state index in [1.165, 1.54) is 12.0 Å². The van der Waals surface area contributed by atoms with Gasteiger partial charge in [0.1, 0.15) is 5.69 Å². The van der Waals surface area contributed by atoms with Crippen LogP contribution in [-0.4, -0.2) is 33.9 Å². The van der Waals surface area contributed by atoms with E-state index in [0.717, 1.165) is 55.0 Å². The molecule has 2 heterocycles. The van der Waals surface area contributed by atoms with E-state index in [9.17, 15) is 9.59 Å². The van der Waals surface area contributed by atoms with Crippen molar-refractivity contribution in [3.8, 4) is 0 Å². The molecule has 194 valence electrons. The van der Waals surface area contributed by atoms with Crippen molar-refractivity contribution >= 4 is 22.7 Å². The summed E-state index contributed by atoms with van der Waals surface area (Å²) < 4.78 is 2.07. The van der Waals surface area contributed by atoms with Crippen LogP contribution < -0.4 is 5.32 Å². The Morgan fingerprint density at radius 3 is 2.32 bits per heavy atom. The van der Waals surface area contributed by atoms with Crippen molar-refractivity contribution in [1.82, 2.24) is 14.8 Å². The largest absolute Gasteiger partial charge is 0.351 e. The van der Waals surface area contributed by atoms with E-state index in [1.807, 2.05) is 83.8 Å². The maximum absolute atomic E-state index is 14.5. The van der Waals surface area contributed by atoms with Crippen molar-refractivity contribution in [2.75, 3.05) is 6.54 Å². The van der Waals surface area contributed by atoms with Crippen LogP contribution in [-0.2, 0) is 23.3 Å². The lowest BCUT2D eigenvalue weighted by Crippen LogP contribution is -2.64. The van der Waals surface area contributed by atoms with Gasteiger partial charge in [-0.25, -0.2) is 0 Å². The molecule has 0 spiro atoms. The molecule has 0 radical (unpaired) electrons. The number of nitrogens with one attached hydrogen (secondary N) is 1. The first-order valence-electron chi connectivity index (χ1n) is 14.0. The number of rotatable bonds is 7. The van der Waals surface area contributed by atoms with E-state index in [-0.39, 0.29) is 17.9 Å². The predicted molar refractivity (Wildman–Crippen MR) is 151 cm³/mol. The van der Waals surface area contributed by atoms with Gasteiger partial charge < -0.3 is 14.8 Å². The van der Waals surface area contributed by atoms with Gasteiger partial charge in [-0.15, -0.1) is 0 Å². The molecule has 5 heteroatoms. The Balaban J connectivity index is 1.44. The van der Waals surface area contributed by atoms with E-state index in [1.54, 1.807) is 0 Å². The minimum Gasteiger partial charge on any atom is -0.351 e. The molecule has 2 aliphatic rings. The quantitative estimate of drug-likeness (QED) is 0.331. The van der Waals surface area contributed by atoms with Crippen LogP contribution in [0.4, 0.5) is 0 Å². The maximum Gasteiger partial charge on any atom is 0.271 e. The fourth-order valence-electron chi connectivity index (χ4n) is 6.40. The molecule has 1 atom stereocenters. The minimum atomic E-state index is -1.12. The fourth-order valence-corrected chi connectivity index (χ4v) is 6.40. The van der Waals surface area contributed by atoms with E-state index in [2.05, 4.69) is 22.0 Å². The zero-order chi connectivity index (χ0) is 26.0. The number of hydrogen-bond donors (Lipinski definition) is 1. The van der Waals surface area contributed by atoms with Crippen molar-refractivity contribution in [3.63, 3.8) is 0 Å². The van der Waals surface area contributed by atoms with Crippen LogP contribution in [0.15, 0.2) is 91.0 Å². The molecule has 3 aromatic carbocycles. The van der Waals surface area contributed by atoms with Crippen molar-refractivity contribution in [2.45, 2.75) is 63.1 Å². The molecule has 4 aromatic rings. The van der Waals surface area contributed by atoms with Gasteiger partial charge >= 0.3 is 0 Å². The number of aryl methyl sites for hydroxylation is 1. The van der Waals surface area contributed by atoms with Crippen molar-refractivity contribution in [3.05, 3.63) is 108 Å².